The number of sulfonamides is 1. The van der Waals surface area contributed by atoms with Gasteiger partial charge in [-0.2, -0.15) is 9.61 Å². The lowest BCUT2D eigenvalue weighted by Crippen LogP contribution is -2.40. The predicted octanol–water partition coefficient (Wildman–Crippen LogP) is 3.28. The number of nitrogens with one attached hydrogen (secondary N) is 1. The molecule has 3 saturated heterocycles. The van der Waals surface area contributed by atoms with Crippen molar-refractivity contribution < 1.29 is 17.9 Å². The van der Waals surface area contributed by atoms with E-state index < -0.39 is 10.0 Å². The number of hydrogen-bond donors (Lipinski definition) is 1. The number of anilines is 3. The first-order chi connectivity index (χ1) is 18.8. The summed E-state index contributed by atoms with van der Waals surface area (Å²) in [6.07, 6.45) is 4.85. The van der Waals surface area contributed by atoms with Gasteiger partial charge in [0.25, 0.3) is 5.91 Å². The van der Waals surface area contributed by atoms with E-state index in [1.54, 1.807) is 18.2 Å². The molecular weight excluding hydrogens is 586 g/mol. The Balaban J connectivity index is 1.38. The summed E-state index contributed by atoms with van der Waals surface area (Å²) in [6.45, 7) is 5.44. The molecule has 1 N–H and O–H groups in total. The number of nitrogens with zero attached hydrogens (tertiary/aromatic N) is 6. The third kappa shape index (κ3) is 5.44. The van der Waals surface area contributed by atoms with Crippen LogP contribution < -0.4 is 14.5 Å². The molecule has 1 aromatic carbocycles. The monoisotopic (exact) mass is 617 g/mol. The van der Waals surface area contributed by atoms with E-state index in [-0.39, 0.29) is 17.6 Å². The Morgan fingerprint density at radius 3 is 2.54 bits per heavy atom. The fraction of sp³-hybridized carbons (Fsp3) is 0.500. The molecule has 11 nitrogen and oxygen atoms in total. The fourth-order valence-corrected chi connectivity index (χ4v) is 6.41. The normalized spacial score (nSPS) is 20.3. The topological polar surface area (TPSA) is 112 Å². The lowest BCUT2D eigenvalue weighted by Gasteiger charge is -2.35. The number of ether oxygens (including phenoxy) is 1. The quantitative estimate of drug-likeness (QED) is 0.448. The lowest BCUT2D eigenvalue weighted by molar-refractivity contribution is 0.0606. The molecule has 3 aliphatic rings. The molecule has 1 atom stereocenters. The Kier molecular flexibility index (Phi) is 7.15. The Labute approximate surface area is 236 Å². The molecular formula is C26H32BrN7O4S. The van der Waals surface area contributed by atoms with Gasteiger partial charge in [0.1, 0.15) is 11.6 Å². The van der Waals surface area contributed by atoms with Gasteiger partial charge in [-0.15, -0.1) is 0 Å². The van der Waals surface area contributed by atoms with Crippen molar-refractivity contribution in [3.05, 3.63) is 46.1 Å². The number of fused-ring (bicyclic) bond motifs is 1. The van der Waals surface area contributed by atoms with Crippen molar-refractivity contribution in [1.29, 1.82) is 0 Å². The second kappa shape index (κ2) is 10.6. The van der Waals surface area contributed by atoms with E-state index in [0.717, 1.165) is 81.1 Å². The molecule has 3 fully saturated rings. The van der Waals surface area contributed by atoms with E-state index in [1.165, 1.54) is 0 Å². The van der Waals surface area contributed by atoms with Crippen LogP contribution in [0.25, 0.3) is 5.65 Å². The van der Waals surface area contributed by atoms with Gasteiger partial charge in [0.05, 0.1) is 42.5 Å². The van der Waals surface area contributed by atoms with Gasteiger partial charge < -0.3 is 19.4 Å². The molecule has 13 heteroatoms. The number of piperidine rings is 1. The highest BCUT2D eigenvalue weighted by Crippen LogP contribution is 2.35. The summed E-state index contributed by atoms with van der Waals surface area (Å²) in [6, 6.07) is 8.86. The minimum absolute atomic E-state index is 0.230. The average Bonchev–Trinajstić information content (AvgIpc) is 3.32. The van der Waals surface area contributed by atoms with Gasteiger partial charge in [0, 0.05) is 49.3 Å². The average molecular weight is 619 g/mol. The molecule has 1 unspecified atom stereocenters. The van der Waals surface area contributed by atoms with Gasteiger partial charge in [-0.1, -0.05) is 15.9 Å². The molecule has 0 spiro atoms. The predicted molar refractivity (Wildman–Crippen MR) is 153 cm³/mol. The van der Waals surface area contributed by atoms with Gasteiger partial charge in [0.2, 0.25) is 10.0 Å². The fourth-order valence-electron chi connectivity index (χ4n) is 5.47. The highest BCUT2D eigenvalue weighted by atomic mass is 79.9. The standard InChI is InChI=1S/C26H32BrN7O4S/c1-39(36,37)30-20-7-6-18(27)15-19(20)26(35)33-10-3-2-5-22(33)21-16-24-28-23(31-8-4-9-31)17-25(34(24)29-21)32-11-13-38-14-12-32/h6-7,15-17,22,30H,2-5,8-14H2,1H3. The third-order valence-corrected chi connectivity index (χ3v) is 8.63. The Morgan fingerprint density at radius 1 is 1.03 bits per heavy atom. The van der Waals surface area contributed by atoms with E-state index in [0.29, 0.717) is 29.8 Å². The maximum absolute atomic E-state index is 14.0. The van der Waals surface area contributed by atoms with Gasteiger partial charge in [-0.25, -0.2) is 13.4 Å². The van der Waals surface area contributed by atoms with E-state index in [4.69, 9.17) is 14.8 Å². The molecule has 3 aliphatic heterocycles. The van der Waals surface area contributed by atoms with Crippen LogP contribution in [0.15, 0.2) is 34.8 Å². The summed E-state index contributed by atoms with van der Waals surface area (Å²) in [5.74, 6) is 1.70. The summed E-state index contributed by atoms with van der Waals surface area (Å²) >= 11 is 3.44. The van der Waals surface area contributed by atoms with Crippen LogP contribution in [-0.4, -0.2) is 86.0 Å². The van der Waals surface area contributed by atoms with E-state index in [9.17, 15) is 13.2 Å². The highest BCUT2D eigenvalue weighted by molar-refractivity contribution is 9.10. The van der Waals surface area contributed by atoms with Crippen molar-refractivity contribution in [2.75, 3.05) is 66.7 Å². The second-order valence-electron chi connectivity index (χ2n) is 10.3. The Hall–Kier alpha value is -2.90. The van der Waals surface area contributed by atoms with Crippen LogP contribution in [0, 0.1) is 0 Å². The zero-order valence-electron chi connectivity index (χ0n) is 21.8. The minimum atomic E-state index is -3.56. The van der Waals surface area contributed by atoms with E-state index in [2.05, 4.69) is 36.5 Å². The number of aromatic nitrogens is 3. The summed E-state index contributed by atoms with van der Waals surface area (Å²) < 4.78 is 34.7. The van der Waals surface area contributed by atoms with Crippen molar-refractivity contribution in [1.82, 2.24) is 19.5 Å². The summed E-state index contributed by atoms with van der Waals surface area (Å²) in [5, 5.41) is 5.02. The smallest absolute Gasteiger partial charge is 0.256 e. The van der Waals surface area contributed by atoms with Crippen molar-refractivity contribution in [2.24, 2.45) is 0 Å². The molecule has 2 aromatic heterocycles. The maximum atomic E-state index is 14.0. The van der Waals surface area contributed by atoms with E-state index in [1.807, 2.05) is 15.5 Å². The number of rotatable bonds is 6. The summed E-state index contributed by atoms with van der Waals surface area (Å²) in [5.41, 5.74) is 2.12. The van der Waals surface area contributed by atoms with Crippen molar-refractivity contribution >= 4 is 54.8 Å². The van der Waals surface area contributed by atoms with Gasteiger partial charge in [-0.3, -0.25) is 9.52 Å². The number of benzene rings is 1. The van der Waals surface area contributed by atoms with Gasteiger partial charge >= 0.3 is 0 Å². The molecule has 0 bridgehead atoms. The summed E-state index contributed by atoms with van der Waals surface area (Å²) in [7, 11) is -3.56. The van der Waals surface area contributed by atoms with Crippen LogP contribution in [0.1, 0.15) is 47.8 Å². The lowest BCUT2D eigenvalue weighted by atomic mass is 9.98. The largest absolute Gasteiger partial charge is 0.378 e. The van der Waals surface area contributed by atoms with Crippen LogP contribution in [0.2, 0.25) is 0 Å². The second-order valence-corrected chi connectivity index (χ2v) is 13.0. The number of amides is 1. The molecule has 0 radical (unpaired) electrons. The van der Waals surface area contributed by atoms with Crippen LogP contribution in [-0.2, 0) is 14.8 Å². The molecule has 3 aromatic rings. The molecule has 1 amide bonds. The maximum Gasteiger partial charge on any atom is 0.256 e. The summed E-state index contributed by atoms with van der Waals surface area (Å²) in [4.78, 5) is 25.3. The molecule has 6 rings (SSSR count). The SMILES string of the molecule is CS(=O)(=O)Nc1ccc(Br)cc1C(=O)N1CCCCC1c1cc2nc(N3CCC3)cc(N3CCOCC3)n2n1. The minimum Gasteiger partial charge on any atom is -0.378 e. The third-order valence-electron chi connectivity index (χ3n) is 7.54. The van der Waals surface area contributed by atoms with Crippen molar-refractivity contribution in [3.63, 3.8) is 0 Å². The number of hydrogen-bond acceptors (Lipinski definition) is 8. The first kappa shape index (κ1) is 26.3. The first-order valence-electron chi connectivity index (χ1n) is 13.3. The van der Waals surface area contributed by atoms with Crippen LogP contribution in [0.5, 0.6) is 0 Å². The zero-order valence-corrected chi connectivity index (χ0v) is 24.2. The number of carbonyl (C=O) groups is 1. The van der Waals surface area contributed by atoms with Gasteiger partial charge in [0.15, 0.2) is 5.65 Å². The molecule has 39 heavy (non-hydrogen) atoms. The van der Waals surface area contributed by atoms with Crippen LogP contribution >= 0.6 is 15.9 Å². The Morgan fingerprint density at radius 2 is 1.82 bits per heavy atom. The molecule has 208 valence electrons. The molecule has 0 aliphatic carbocycles. The molecule has 0 saturated carbocycles. The van der Waals surface area contributed by atoms with Gasteiger partial charge in [-0.05, 0) is 43.9 Å². The number of morpholine rings is 1. The van der Waals surface area contributed by atoms with Crippen LogP contribution in [0.4, 0.5) is 17.3 Å². The van der Waals surface area contributed by atoms with E-state index >= 15 is 0 Å². The number of halogens is 1. The highest BCUT2D eigenvalue weighted by Gasteiger charge is 2.33. The first-order valence-corrected chi connectivity index (χ1v) is 16.0. The molecule has 5 heterocycles. The zero-order chi connectivity index (χ0) is 27.1. The van der Waals surface area contributed by atoms with Crippen LogP contribution in [0.3, 0.4) is 0 Å². The van der Waals surface area contributed by atoms with Crippen molar-refractivity contribution in [2.45, 2.75) is 31.7 Å². The Bertz CT molecular complexity index is 1500. The number of likely N-dealkylation sites (tertiary alicyclic amines) is 1. The number of carbonyl (C=O) groups excluding carboxylic acids is 1. The van der Waals surface area contributed by atoms with Crippen molar-refractivity contribution in [3.8, 4) is 0 Å².